The lowest BCUT2D eigenvalue weighted by atomic mass is 9.98. The van der Waals surface area contributed by atoms with E-state index in [4.69, 9.17) is 9.47 Å². The Kier molecular flexibility index (Phi) is 36.5. The summed E-state index contributed by atoms with van der Waals surface area (Å²) in [5.41, 5.74) is 0. The smallest absolute Gasteiger partial charge is 0.249 e. The van der Waals surface area contributed by atoms with E-state index >= 15 is 0 Å². The Hall–Kier alpha value is -1.15. The van der Waals surface area contributed by atoms with Gasteiger partial charge in [-0.15, -0.1) is 0 Å². The fourth-order valence-corrected chi connectivity index (χ4v) is 7.98. The molecule has 0 aromatic carbocycles. The molecule has 11 heteroatoms. The lowest BCUT2D eigenvalue weighted by molar-refractivity contribution is -0.303. The number of carbonyl (C=O) groups is 1. The van der Waals surface area contributed by atoms with Crippen LogP contribution < -0.4 is 5.32 Å². The zero-order valence-corrected chi connectivity index (χ0v) is 37.7. The van der Waals surface area contributed by atoms with Crippen LogP contribution in [0.15, 0.2) is 12.2 Å². The topological polar surface area (TPSA) is 189 Å². The predicted molar refractivity (Wildman–Crippen MR) is 238 cm³/mol. The molecule has 9 atom stereocenters. The van der Waals surface area contributed by atoms with Crippen molar-refractivity contribution in [2.45, 2.75) is 274 Å². The van der Waals surface area contributed by atoms with Gasteiger partial charge in [-0.25, -0.2) is 0 Å². The van der Waals surface area contributed by atoms with E-state index in [9.17, 15) is 40.5 Å². The number of carbonyl (C=O) groups excluding carboxylic acids is 1. The highest BCUT2D eigenvalue weighted by atomic mass is 16.7. The Balaban J connectivity index is 2.36. The number of amides is 1. The number of allylic oxidation sites excluding steroid dienone is 1. The van der Waals surface area contributed by atoms with E-state index < -0.39 is 74.2 Å². The number of unbranched alkanes of at least 4 members (excludes halogenated alkanes) is 28. The second-order valence-corrected chi connectivity index (χ2v) is 17.5. The van der Waals surface area contributed by atoms with Gasteiger partial charge in [0.2, 0.25) is 5.91 Å². The Morgan fingerprint density at radius 3 is 1.46 bits per heavy atom. The molecule has 1 rings (SSSR count). The van der Waals surface area contributed by atoms with Gasteiger partial charge in [0.1, 0.15) is 36.6 Å². The van der Waals surface area contributed by atoms with E-state index in [2.05, 4.69) is 19.2 Å². The third-order valence-corrected chi connectivity index (χ3v) is 12.1. The van der Waals surface area contributed by atoms with Crippen molar-refractivity contribution in [3.8, 4) is 0 Å². The number of aliphatic hydroxyl groups excluding tert-OH is 7. The fraction of sp³-hybridized carbons (Fsp3) is 0.938. The monoisotopic (exact) mass is 844 g/mol. The van der Waals surface area contributed by atoms with Gasteiger partial charge in [0.15, 0.2) is 6.29 Å². The van der Waals surface area contributed by atoms with E-state index in [0.29, 0.717) is 12.8 Å². The van der Waals surface area contributed by atoms with Crippen molar-refractivity contribution in [1.29, 1.82) is 0 Å². The largest absolute Gasteiger partial charge is 0.394 e. The molecule has 0 unspecified atom stereocenters. The second kappa shape index (κ2) is 38.5. The van der Waals surface area contributed by atoms with Crippen molar-refractivity contribution in [2.24, 2.45) is 0 Å². The molecular formula is C48H93NO10. The van der Waals surface area contributed by atoms with Gasteiger partial charge in [0, 0.05) is 6.42 Å². The molecule has 1 saturated heterocycles. The van der Waals surface area contributed by atoms with Crippen LogP contribution in [0.1, 0.15) is 219 Å². The first-order valence-corrected chi connectivity index (χ1v) is 24.6. The van der Waals surface area contributed by atoms with Crippen LogP contribution in [0.2, 0.25) is 0 Å². The highest BCUT2D eigenvalue weighted by Crippen LogP contribution is 2.23. The summed E-state index contributed by atoms with van der Waals surface area (Å²) in [6.45, 7) is 3.41. The van der Waals surface area contributed by atoms with Crippen LogP contribution >= 0.6 is 0 Å². The SMILES string of the molecule is CCCCCCCCCCCCCCCCCCCCCC=CC[C@@H](O)C(=O)N[C@@H](CO[C@@H]1O[C@H](CO)[C@@H](O)[C@H](O)[C@H]1O)[C@H](O)[C@H](O)CCCCCCCCCCCC. The Labute approximate surface area is 360 Å². The molecule has 59 heavy (non-hydrogen) atoms. The lowest BCUT2D eigenvalue weighted by Crippen LogP contribution is -2.60. The van der Waals surface area contributed by atoms with Crippen LogP contribution in [-0.2, 0) is 14.3 Å². The fourth-order valence-electron chi connectivity index (χ4n) is 7.98. The zero-order valence-electron chi connectivity index (χ0n) is 37.7. The first kappa shape index (κ1) is 55.9. The molecule has 0 aromatic heterocycles. The van der Waals surface area contributed by atoms with Crippen LogP contribution in [0.25, 0.3) is 0 Å². The minimum absolute atomic E-state index is 0.0858. The number of hydrogen-bond donors (Lipinski definition) is 8. The molecule has 8 N–H and O–H groups in total. The molecule has 1 fully saturated rings. The third kappa shape index (κ3) is 28.2. The van der Waals surface area contributed by atoms with E-state index in [1.54, 1.807) is 6.08 Å². The molecule has 11 nitrogen and oxygen atoms in total. The van der Waals surface area contributed by atoms with Crippen molar-refractivity contribution in [2.75, 3.05) is 13.2 Å². The normalized spacial score (nSPS) is 21.8. The molecule has 0 spiro atoms. The van der Waals surface area contributed by atoms with Gasteiger partial charge >= 0.3 is 0 Å². The van der Waals surface area contributed by atoms with Gasteiger partial charge in [-0.3, -0.25) is 4.79 Å². The number of ether oxygens (including phenoxy) is 2. The third-order valence-electron chi connectivity index (χ3n) is 12.1. The van der Waals surface area contributed by atoms with Gasteiger partial charge in [0.25, 0.3) is 0 Å². The van der Waals surface area contributed by atoms with E-state index in [1.165, 1.54) is 148 Å². The molecular weight excluding hydrogens is 751 g/mol. The van der Waals surface area contributed by atoms with Crippen LogP contribution in [-0.4, -0.2) is 110 Å². The first-order chi connectivity index (χ1) is 28.7. The minimum Gasteiger partial charge on any atom is -0.394 e. The Morgan fingerprint density at radius 1 is 0.593 bits per heavy atom. The molecule has 0 saturated carbocycles. The number of rotatable bonds is 41. The molecule has 1 heterocycles. The second-order valence-electron chi connectivity index (χ2n) is 17.5. The lowest BCUT2D eigenvalue weighted by Gasteiger charge is -2.40. The maximum Gasteiger partial charge on any atom is 0.249 e. The molecule has 1 amide bonds. The standard InChI is InChI=1S/C48H93NO10/c1-3-5-7-9-11-13-15-16-17-18-19-20-21-22-23-24-25-26-28-30-32-34-36-41(52)47(57)49-39(38-58-48-46(56)45(55)44(54)42(37-50)59-48)43(53)40(51)35-33-31-29-27-14-12-10-8-6-4-2/h32,34,39-46,48,50-56H,3-31,33,35-38H2,1-2H3,(H,49,57)/t39-,40+,41+,42+,43-,44+,45-,46+,48+/m0/s1. The van der Waals surface area contributed by atoms with Gasteiger partial charge in [0.05, 0.1) is 25.4 Å². The summed E-state index contributed by atoms with van der Waals surface area (Å²) in [5, 5.41) is 75.5. The number of aliphatic hydroxyl groups is 7. The highest BCUT2D eigenvalue weighted by molar-refractivity contribution is 5.81. The van der Waals surface area contributed by atoms with Crippen molar-refractivity contribution in [3.05, 3.63) is 12.2 Å². The highest BCUT2D eigenvalue weighted by Gasteiger charge is 2.44. The van der Waals surface area contributed by atoms with Gasteiger partial charge in [-0.2, -0.15) is 0 Å². The van der Waals surface area contributed by atoms with Crippen molar-refractivity contribution in [1.82, 2.24) is 5.32 Å². The van der Waals surface area contributed by atoms with E-state index in [1.807, 2.05) is 6.08 Å². The summed E-state index contributed by atoms with van der Waals surface area (Å²) in [7, 11) is 0. The van der Waals surface area contributed by atoms with Crippen LogP contribution in [0.3, 0.4) is 0 Å². The minimum atomic E-state index is -1.66. The molecule has 1 aliphatic rings. The van der Waals surface area contributed by atoms with Crippen molar-refractivity contribution >= 4 is 5.91 Å². The van der Waals surface area contributed by atoms with E-state index in [-0.39, 0.29) is 6.42 Å². The van der Waals surface area contributed by atoms with Gasteiger partial charge < -0.3 is 50.5 Å². The summed E-state index contributed by atoms with van der Waals surface area (Å²) in [6.07, 6.45) is 30.1. The predicted octanol–water partition coefficient (Wildman–Crippen LogP) is 8.45. The maximum absolute atomic E-state index is 13.1. The summed E-state index contributed by atoms with van der Waals surface area (Å²) < 4.78 is 11.1. The van der Waals surface area contributed by atoms with E-state index in [0.717, 1.165) is 38.5 Å². The molecule has 0 aromatic rings. The van der Waals surface area contributed by atoms with Crippen molar-refractivity contribution < 1.29 is 50.0 Å². The molecule has 1 aliphatic heterocycles. The Bertz CT molecular complexity index is 970. The summed E-state index contributed by atoms with van der Waals surface area (Å²) in [6, 6.07) is -1.18. The molecule has 0 bridgehead atoms. The van der Waals surface area contributed by atoms with Crippen molar-refractivity contribution in [3.63, 3.8) is 0 Å². The van der Waals surface area contributed by atoms with Crippen LogP contribution in [0.4, 0.5) is 0 Å². The maximum atomic E-state index is 13.1. The Morgan fingerprint density at radius 2 is 1.02 bits per heavy atom. The summed E-state index contributed by atoms with van der Waals surface area (Å²) >= 11 is 0. The summed E-state index contributed by atoms with van der Waals surface area (Å²) in [4.78, 5) is 13.1. The van der Waals surface area contributed by atoms with Crippen LogP contribution in [0, 0.1) is 0 Å². The number of nitrogens with one attached hydrogen (secondary N) is 1. The average Bonchev–Trinajstić information content (AvgIpc) is 3.23. The summed E-state index contributed by atoms with van der Waals surface area (Å²) in [5.74, 6) is -0.745. The van der Waals surface area contributed by atoms with Gasteiger partial charge in [-0.05, 0) is 19.3 Å². The van der Waals surface area contributed by atoms with Gasteiger partial charge in [-0.1, -0.05) is 206 Å². The molecule has 0 radical (unpaired) electrons. The molecule has 350 valence electrons. The first-order valence-electron chi connectivity index (χ1n) is 24.6. The average molecular weight is 844 g/mol. The molecule has 0 aliphatic carbocycles. The zero-order chi connectivity index (χ0) is 43.4. The quantitative estimate of drug-likeness (QED) is 0.0219. The van der Waals surface area contributed by atoms with Crippen LogP contribution in [0.5, 0.6) is 0 Å². The number of hydrogen-bond acceptors (Lipinski definition) is 10.